The maximum Gasteiger partial charge on any atom is 0.338 e. The van der Waals surface area contributed by atoms with Crippen LogP contribution in [-0.4, -0.2) is 27.5 Å². The largest absolute Gasteiger partial charge is 0.462 e. The summed E-state index contributed by atoms with van der Waals surface area (Å²) in [6, 6.07) is 15.4. The molecule has 6 nitrogen and oxygen atoms in total. The Labute approximate surface area is 175 Å². The van der Waals surface area contributed by atoms with Crippen LogP contribution in [0.2, 0.25) is 0 Å². The van der Waals surface area contributed by atoms with Gasteiger partial charge in [-0.3, -0.25) is 4.98 Å². The number of hydrogen-bond acceptors (Lipinski definition) is 6. The molecule has 0 amide bonds. The van der Waals surface area contributed by atoms with Crippen LogP contribution in [0.15, 0.2) is 60.9 Å². The van der Waals surface area contributed by atoms with Gasteiger partial charge in [-0.15, -0.1) is 0 Å². The first-order valence-electron chi connectivity index (χ1n) is 9.78. The second kappa shape index (κ2) is 8.29. The molecule has 30 heavy (non-hydrogen) atoms. The van der Waals surface area contributed by atoms with Gasteiger partial charge in [0.2, 0.25) is 5.95 Å². The topological polar surface area (TPSA) is 77.0 Å². The van der Waals surface area contributed by atoms with E-state index in [2.05, 4.69) is 26.3 Å². The molecule has 0 aliphatic rings. The number of ether oxygens (including phenoxy) is 1. The molecule has 0 radical (unpaired) electrons. The molecule has 0 unspecified atom stereocenters. The molecule has 2 heterocycles. The van der Waals surface area contributed by atoms with E-state index in [0.29, 0.717) is 18.1 Å². The monoisotopic (exact) mass is 398 g/mol. The van der Waals surface area contributed by atoms with Gasteiger partial charge in [0.15, 0.2) is 0 Å². The van der Waals surface area contributed by atoms with Crippen LogP contribution in [0.4, 0.5) is 11.6 Å². The van der Waals surface area contributed by atoms with Crippen molar-refractivity contribution in [1.29, 1.82) is 0 Å². The minimum absolute atomic E-state index is 0.318. The summed E-state index contributed by atoms with van der Waals surface area (Å²) in [5.74, 6) is 0.204. The minimum Gasteiger partial charge on any atom is -0.462 e. The van der Waals surface area contributed by atoms with Crippen LogP contribution in [0.5, 0.6) is 0 Å². The second-order valence-electron chi connectivity index (χ2n) is 7.04. The molecule has 4 rings (SSSR count). The summed E-state index contributed by atoms with van der Waals surface area (Å²) >= 11 is 0. The van der Waals surface area contributed by atoms with E-state index in [9.17, 15) is 4.79 Å². The van der Waals surface area contributed by atoms with Gasteiger partial charge >= 0.3 is 5.97 Å². The number of fused-ring (bicyclic) bond motifs is 1. The second-order valence-corrected chi connectivity index (χ2v) is 7.04. The number of esters is 1. The third-order valence-electron chi connectivity index (χ3n) is 4.75. The van der Waals surface area contributed by atoms with Crippen LogP contribution in [0.3, 0.4) is 0 Å². The standard InChI is InChI=1S/C24H22N4O2/c1-4-30-23(29)18-7-5-6-17(11-18)19-10-15(2)22-20(12-19)13-26-24(28-22)27-21-9-8-16(3)25-14-21/h5-14H,4H2,1-3H3,(H,26,27,28). The molecule has 150 valence electrons. The summed E-state index contributed by atoms with van der Waals surface area (Å²) in [6.07, 6.45) is 3.56. The first-order valence-corrected chi connectivity index (χ1v) is 9.78. The number of nitrogens with zero attached hydrogens (tertiary/aromatic N) is 3. The Morgan fingerprint density at radius 2 is 1.87 bits per heavy atom. The van der Waals surface area contributed by atoms with Crippen LogP contribution >= 0.6 is 0 Å². The van der Waals surface area contributed by atoms with E-state index in [1.54, 1.807) is 25.4 Å². The lowest BCUT2D eigenvalue weighted by molar-refractivity contribution is 0.0526. The van der Waals surface area contributed by atoms with Crippen molar-refractivity contribution in [2.24, 2.45) is 0 Å². The van der Waals surface area contributed by atoms with Gasteiger partial charge in [0, 0.05) is 17.3 Å². The van der Waals surface area contributed by atoms with E-state index < -0.39 is 0 Å². The number of carbonyl (C=O) groups excluding carboxylic acids is 1. The van der Waals surface area contributed by atoms with Gasteiger partial charge in [-0.2, -0.15) is 0 Å². The Bertz CT molecular complexity index is 1220. The highest BCUT2D eigenvalue weighted by molar-refractivity contribution is 5.92. The summed E-state index contributed by atoms with van der Waals surface area (Å²) in [5.41, 5.74) is 6.17. The van der Waals surface area contributed by atoms with Crippen molar-refractivity contribution in [2.45, 2.75) is 20.8 Å². The Kier molecular flexibility index (Phi) is 5.39. The Morgan fingerprint density at radius 1 is 1.00 bits per heavy atom. The van der Waals surface area contributed by atoms with Gasteiger partial charge in [0.25, 0.3) is 0 Å². The van der Waals surface area contributed by atoms with Gasteiger partial charge in [-0.1, -0.05) is 12.1 Å². The highest BCUT2D eigenvalue weighted by atomic mass is 16.5. The van der Waals surface area contributed by atoms with Crippen molar-refractivity contribution in [3.8, 4) is 11.1 Å². The normalized spacial score (nSPS) is 10.8. The highest BCUT2D eigenvalue weighted by Crippen LogP contribution is 2.28. The summed E-state index contributed by atoms with van der Waals surface area (Å²) < 4.78 is 5.11. The molecule has 1 N–H and O–H groups in total. The molecular weight excluding hydrogens is 376 g/mol. The molecule has 2 aromatic carbocycles. The minimum atomic E-state index is -0.318. The Balaban J connectivity index is 1.67. The Hall–Kier alpha value is -3.80. The maximum atomic E-state index is 12.1. The number of aryl methyl sites for hydroxylation is 2. The van der Waals surface area contributed by atoms with Crippen LogP contribution in [-0.2, 0) is 4.74 Å². The number of rotatable bonds is 5. The molecule has 4 aromatic rings. The number of nitrogens with one attached hydrogen (secondary N) is 1. The zero-order valence-electron chi connectivity index (χ0n) is 17.1. The van der Waals surface area contributed by atoms with Crippen molar-refractivity contribution < 1.29 is 9.53 Å². The molecule has 0 saturated heterocycles. The molecule has 0 bridgehead atoms. The molecule has 0 spiro atoms. The van der Waals surface area contributed by atoms with Crippen molar-refractivity contribution in [3.63, 3.8) is 0 Å². The van der Waals surface area contributed by atoms with E-state index in [1.807, 2.05) is 50.2 Å². The molecular formula is C24H22N4O2. The maximum absolute atomic E-state index is 12.1. The third-order valence-corrected chi connectivity index (χ3v) is 4.75. The summed E-state index contributed by atoms with van der Waals surface area (Å²) in [6.45, 7) is 6.11. The number of carbonyl (C=O) groups is 1. The smallest absolute Gasteiger partial charge is 0.338 e. The summed E-state index contributed by atoms with van der Waals surface area (Å²) in [5, 5.41) is 4.12. The van der Waals surface area contributed by atoms with Gasteiger partial charge < -0.3 is 10.1 Å². The predicted octanol–water partition coefficient (Wildman–Crippen LogP) is 5.23. The average Bonchev–Trinajstić information content (AvgIpc) is 2.76. The van der Waals surface area contributed by atoms with Crippen LogP contribution in [0, 0.1) is 13.8 Å². The number of anilines is 2. The predicted molar refractivity (Wildman–Crippen MR) is 118 cm³/mol. The van der Waals surface area contributed by atoms with E-state index in [0.717, 1.165) is 39.0 Å². The fourth-order valence-electron chi connectivity index (χ4n) is 3.26. The lowest BCUT2D eigenvalue weighted by Gasteiger charge is -2.10. The lowest BCUT2D eigenvalue weighted by Crippen LogP contribution is -2.04. The molecule has 0 aliphatic heterocycles. The zero-order valence-corrected chi connectivity index (χ0v) is 17.1. The molecule has 0 atom stereocenters. The van der Waals surface area contributed by atoms with Crippen LogP contribution in [0.1, 0.15) is 28.5 Å². The van der Waals surface area contributed by atoms with Crippen molar-refractivity contribution in [2.75, 3.05) is 11.9 Å². The van der Waals surface area contributed by atoms with Crippen molar-refractivity contribution in [1.82, 2.24) is 15.0 Å². The van der Waals surface area contributed by atoms with E-state index in [1.165, 1.54) is 0 Å². The molecule has 0 fully saturated rings. The first-order chi connectivity index (χ1) is 14.5. The Morgan fingerprint density at radius 3 is 2.63 bits per heavy atom. The van der Waals surface area contributed by atoms with E-state index >= 15 is 0 Å². The quantitative estimate of drug-likeness (QED) is 0.464. The van der Waals surface area contributed by atoms with E-state index in [4.69, 9.17) is 4.74 Å². The number of pyridine rings is 1. The van der Waals surface area contributed by atoms with Gasteiger partial charge in [0.05, 0.1) is 29.6 Å². The van der Waals surface area contributed by atoms with Gasteiger partial charge in [-0.25, -0.2) is 14.8 Å². The van der Waals surface area contributed by atoms with Crippen LogP contribution < -0.4 is 5.32 Å². The number of aromatic nitrogens is 3. The summed E-state index contributed by atoms with van der Waals surface area (Å²) in [4.78, 5) is 25.5. The van der Waals surface area contributed by atoms with Crippen molar-refractivity contribution in [3.05, 3.63) is 77.7 Å². The molecule has 0 aliphatic carbocycles. The molecule has 6 heteroatoms. The fourth-order valence-corrected chi connectivity index (χ4v) is 3.26. The number of hydrogen-bond donors (Lipinski definition) is 1. The average molecular weight is 398 g/mol. The highest BCUT2D eigenvalue weighted by Gasteiger charge is 2.10. The van der Waals surface area contributed by atoms with Crippen LogP contribution in [0.25, 0.3) is 22.0 Å². The number of benzene rings is 2. The third kappa shape index (κ3) is 4.12. The SMILES string of the molecule is CCOC(=O)c1cccc(-c2cc(C)c3nc(Nc4ccc(C)nc4)ncc3c2)c1. The molecule has 0 saturated carbocycles. The van der Waals surface area contributed by atoms with E-state index in [-0.39, 0.29) is 5.97 Å². The van der Waals surface area contributed by atoms with Gasteiger partial charge in [-0.05, 0) is 73.9 Å². The van der Waals surface area contributed by atoms with Gasteiger partial charge in [0.1, 0.15) is 0 Å². The summed E-state index contributed by atoms with van der Waals surface area (Å²) in [7, 11) is 0. The first kappa shape index (κ1) is 19.5. The lowest BCUT2D eigenvalue weighted by atomic mass is 9.99. The molecule has 2 aromatic heterocycles. The zero-order chi connectivity index (χ0) is 21.1. The fraction of sp³-hybridized carbons (Fsp3) is 0.167. The van der Waals surface area contributed by atoms with Crippen molar-refractivity contribution >= 4 is 28.5 Å².